The van der Waals surface area contributed by atoms with Gasteiger partial charge >= 0.3 is 5.69 Å². The molecule has 7 nitrogen and oxygen atoms in total. The van der Waals surface area contributed by atoms with Gasteiger partial charge in [-0.2, -0.15) is 0 Å². The molecule has 0 saturated heterocycles. The minimum Gasteiger partial charge on any atom is -0.494 e. The first-order valence-corrected chi connectivity index (χ1v) is 7.98. The predicted octanol–water partition coefficient (Wildman–Crippen LogP) is 2.54. The maximum absolute atomic E-state index is 12.2. The van der Waals surface area contributed by atoms with E-state index >= 15 is 0 Å². The Morgan fingerprint density at radius 2 is 1.92 bits per heavy atom. The number of aromatic amines is 1. The van der Waals surface area contributed by atoms with E-state index in [2.05, 4.69) is 15.0 Å². The third-order valence-electron chi connectivity index (χ3n) is 3.93. The van der Waals surface area contributed by atoms with Gasteiger partial charge in [-0.1, -0.05) is 11.6 Å². The number of pyridine rings is 1. The van der Waals surface area contributed by atoms with E-state index in [0.29, 0.717) is 22.1 Å². The van der Waals surface area contributed by atoms with Crippen LogP contribution in [0.5, 0.6) is 5.88 Å². The van der Waals surface area contributed by atoms with Crippen LogP contribution in [0.2, 0.25) is 5.02 Å². The summed E-state index contributed by atoms with van der Waals surface area (Å²) in [5.74, 6) is 0.0556. The average molecular weight is 367 g/mol. The number of hydrogen-bond acceptors (Lipinski definition) is 5. The molecule has 1 aliphatic heterocycles. The number of aliphatic imine (C=N–C) groups is 1. The van der Waals surface area contributed by atoms with Crippen LogP contribution in [0.1, 0.15) is 11.1 Å². The Kier molecular flexibility index (Phi) is 3.78. The Hall–Kier alpha value is -3.45. The third-order valence-corrected chi connectivity index (χ3v) is 4.18. The van der Waals surface area contributed by atoms with Crippen LogP contribution in [0.15, 0.2) is 57.2 Å². The van der Waals surface area contributed by atoms with Crippen molar-refractivity contribution in [3.05, 3.63) is 79.6 Å². The second-order valence-electron chi connectivity index (χ2n) is 5.54. The predicted molar refractivity (Wildman–Crippen MR) is 99.6 cm³/mol. The Balaban J connectivity index is 1.91. The highest BCUT2D eigenvalue weighted by molar-refractivity contribution is 6.30. The molecule has 1 aliphatic rings. The molecule has 128 valence electrons. The molecular weight excluding hydrogens is 356 g/mol. The van der Waals surface area contributed by atoms with Crippen LogP contribution in [0, 0.1) is 0 Å². The fourth-order valence-corrected chi connectivity index (χ4v) is 2.82. The quantitative estimate of drug-likeness (QED) is 0.727. The summed E-state index contributed by atoms with van der Waals surface area (Å²) in [5.41, 5.74) is 0.202. The van der Waals surface area contributed by atoms with E-state index in [1.807, 2.05) is 6.07 Å². The summed E-state index contributed by atoms with van der Waals surface area (Å²) < 4.78 is 1.00. The molecule has 4 rings (SSSR count). The molecule has 0 amide bonds. The van der Waals surface area contributed by atoms with Gasteiger partial charge in [-0.3, -0.25) is 9.78 Å². The number of hydrogen-bond donors (Lipinski definition) is 2. The van der Waals surface area contributed by atoms with Crippen molar-refractivity contribution >= 4 is 35.3 Å². The monoisotopic (exact) mass is 366 g/mol. The summed E-state index contributed by atoms with van der Waals surface area (Å²) in [6.45, 7) is 0. The highest BCUT2D eigenvalue weighted by Gasteiger charge is 2.18. The third kappa shape index (κ3) is 2.64. The molecule has 0 atom stereocenters. The minimum absolute atomic E-state index is 0.0577. The van der Waals surface area contributed by atoms with Crippen LogP contribution in [0.3, 0.4) is 0 Å². The zero-order chi connectivity index (χ0) is 18.3. The molecule has 8 heteroatoms. The van der Waals surface area contributed by atoms with E-state index in [1.54, 1.807) is 42.7 Å². The largest absolute Gasteiger partial charge is 0.494 e. The fraction of sp³-hybridized carbons (Fsp3) is 0. The second-order valence-corrected chi connectivity index (χ2v) is 5.98. The number of halogens is 1. The van der Waals surface area contributed by atoms with Crippen molar-refractivity contribution in [1.29, 1.82) is 0 Å². The highest BCUT2D eigenvalue weighted by Crippen LogP contribution is 2.31. The number of rotatable bonds is 2. The van der Waals surface area contributed by atoms with E-state index < -0.39 is 17.1 Å². The molecular formula is C18H11ClN4O3. The molecule has 0 unspecified atom stereocenters. The van der Waals surface area contributed by atoms with Gasteiger partial charge in [0.15, 0.2) is 5.82 Å². The van der Waals surface area contributed by atoms with E-state index in [0.717, 1.165) is 10.1 Å². The summed E-state index contributed by atoms with van der Waals surface area (Å²) in [5, 5.41) is 11.1. The van der Waals surface area contributed by atoms with Crippen LogP contribution in [0.4, 0.5) is 5.82 Å². The number of allylic oxidation sites excluding steroid dienone is 1. The van der Waals surface area contributed by atoms with Crippen molar-refractivity contribution in [3.63, 3.8) is 0 Å². The van der Waals surface area contributed by atoms with Crippen molar-refractivity contribution in [2.45, 2.75) is 0 Å². The van der Waals surface area contributed by atoms with Gasteiger partial charge in [0, 0.05) is 28.6 Å². The average Bonchev–Trinajstić information content (AvgIpc) is 3.03. The Bertz CT molecular complexity index is 1190. The minimum atomic E-state index is -0.751. The molecule has 0 radical (unpaired) electrons. The topological polar surface area (TPSA) is 100 Å². The lowest BCUT2D eigenvalue weighted by Crippen LogP contribution is -2.30. The van der Waals surface area contributed by atoms with Crippen molar-refractivity contribution in [2.75, 3.05) is 0 Å². The molecule has 26 heavy (non-hydrogen) atoms. The molecule has 3 aromatic rings. The Labute approximate surface area is 151 Å². The summed E-state index contributed by atoms with van der Waals surface area (Å²) in [4.78, 5) is 34.9. The number of benzene rings is 1. The first kappa shape index (κ1) is 16.0. The molecule has 1 aromatic carbocycles. The summed E-state index contributed by atoms with van der Waals surface area (Å²) in [7, 11) is 0. The van der Waals surface area contributed by atoms with E-state index in [-0.39, 0.29) is 5.56 Å². The molecule has 0 fully saturated rings. The van der Waals surface area contributed by atoms with Gasteiger partial charge in [-0.15, -0.1) is 0 Å². The summed E-state index contributed by atoms with van der Waals surface area (Å²) in [6.07, 6.45) is 4.63. The molecule has 2 aromatic heterocycles. The van der Waals surface area contributed by atoms with E-state index in [9.17, 15) is 14.7 Å². The number of nitrogens with one attached hydrogen (secondary N) is 1. The van der Waals surface area contributed by atoms with Gasteiger partial charge in [-0.05, 0) is 42.5 Å². The zero-order valence-corrected chi connectivity index (χ0v) is 13.9. The van der Waals surface area contributed by atoms with Crippen LogP contribution < -0.4 is 11.2 Å². The molecule has 0 bridgehead atoms. The number of nitrogens with zero attached hydrogens (tertiary/aromatic N) is 3. The molecule has 0 aliphatic carbocycles. The molecule has 3 heterocycles. The van der Waals surface area contributed by atoms with Crippen LogP contribution in [-0.4, -0.2) is 25.9 Å². The fourth-order valence-electron chi connectivity index (χ4n) is 2.69. The van der Waals surface area contributed by atoms with Crippen molar-refractivity contribution in [1.82, 2.24) is 14.5 Å². The van der Waals surface area contributed by atoms with Gasteiger partial charge in [0.1, 0.15) is 5.56 Å². The smallest absolute Gasteiger partial charge is 0.335 e. The number of aromatic hydroxyl groups is 1. The van der Waals surface area contributed by atoms with Gasteiger partial charge in [0.2, 0.25) is 5.88 Å². The number of fused-ring (bicyclic) bond motifs is 1. The normalized spacial score (nSPS) is 14.0. The highest BCUT2D eigenvalue weighted by atomic mass is 35.5. The van der Waals surface area contributed by atoms with Gasteiger partial charge in [-0.25, -0.2) is 19.3 Å². The first-order valence-electron chi connectivity index (χ1n) is 7.60. The van der Waals surface area contributed by atoms with Crippen molar-refractivity contribution in [3.8, 4) is 11.6 Å². The van der Waals surface area contributed by atoms with Gasteiger partial charge in [0.25, 0.3) is 5.56 Å². The Morgan fingerprint density at radius 3 is 2.69 bits per heavy atom. The summed E-state index contributed by atoms with van der Waals surface area (Å²) >= 11 is 5.86. The number of H-pyrrole nitrogens is 1. The van der Waals surface area contributed by atoms with Gasteiger partial charge in [0.05, 0.1) is 5.69 Å². The lowest BCUT2D eigenvalue weighted by molar-refractivity contribution is 0.429. The number of aromatic nitrogens is 3. The SMILES string of the molecule is O=c1[nH]c(=O)n(-c2ccc(Cl)cc2)c(O)c1/C=C1/C=Nc2ncccc21. The summed E-state index contributed by atoms with van der Waals surface area (Å²) in [6, 6.07) is 9.85. The first-order chi connectivity index (χ1) is 12.5. The molecule has 0 spiro atoms. The Morgan fingerprint density at radius 1 is 1.15 bits per heavy atom. The maximum atomic E-state index is 12.2. The van der Waals surface area contributed by atoms with Gasteiger partial charge < -0.3 is 5.11 Å². The van der Waals surface area contributed by atoms with Crippen LogP contribution in [-0.2, 0) is 0 Å². The van der Waals surface area contributed by atoms with E-state index in [4.69, 9.17) is 11.6 Å². The van der Waals surface area contributed by atoms with Crippen LogP contribution >= 0.6 is 11.6 Å². The maximum Gasteiger partial charge on any atom is 0.335 e. The van der Waals surface area contributed by atoms with Crippen molar-refractivity contribution in [2.24, 2.45) is 4.99 Å². The standard InChI is InChI=1S/C18H11ClN4O3/c19-11-3-5-12(6-4-11)23-17(25)14(16(24)22-18(23)26)8-10-9-21-15-13(10)2-1-7-20-15/h1-9,25H,(H,22,24,26)/b10-8-. The zero-order valence-electron chi connectivity index (χ0n) is 13.2. The molecule has 0 saturated carbocycles. The van der Waals surface area contributed by atoms with Crippen molar-refractivity contribution < 1.29 is 5.11 Å². The van der Waals surface area contributed by atoms with Crippen LogP contribution in [0.25, 0.3) is 17.3 Å². The molecule has 2 N–H and O–H groups in total. The van der Waals surface area contributed by atoms with E-state index in [1.165, 1.54) is 6.08 Å². The second kappa shape index (κ2) is 6.12. The lowest BCUT2D eigenvalue weighted by atomic mass is 10.1. The lowest BCUT2D eigenvalue weighted by Gasteiger charge is -2.10.